The van der Waals surface area contributed by atoms with E-state index in [4.69, 9.17) is 5.26 Å². The molecule has 3 rings (SSSR count). The zero-order valence-corrected chi connectivity index (χ0v) is 14.4. The van der Waals surface area contributed by atoms with Crippen molar-refractivity contribution in [1.29, 1.82) is 5.26 Å². The second-order valence-electron chi connectivity index (χ2n) is 6.06. The summed E-state index contributed by atoms with van der Waals surface area (Å²) in [6.45, 7) is 0.368. The second kappa shape index (κ2) is 7.62. The highest BCUT2D eigenvalue weighted by atomic mass is 16.2. The highest BCUT2D eigenvalue weighted by Crippen LogP contribution is 2.20. The molecule has 0 radical (unpaired) electrons. The maximum Gasteiger partial charge on any atom is 0.270 e. The monoisotopic (exact) mass is 346 g/mol. The zero-order valence-electron chi connectivity index (χ0n) is 14.4. The highest BCUT2D eigenvalue weighted by molar-refractivity contribution is 6.40. The van der Waals surface area contributed by atoms with E-state index in [0.29, 0.717) is 29.9 Å². The van der Waals surface area contributed by atoms with E-state index in [2.05, 4.69) is 11.2 Å². The molecule has 0 aromatic heterocycles. The van der Waals surface area contributed by atoms with Crippen molar-refractivity contribution in [2.24, 2.45) is 5.10 Å². The van der Waals surface area contributed by atoms with Gasteiger partial charge in [-0.2, -0.15) is 10.4 Å². The van der Waals surface area contributed by atoms with Crippen LogP contribution in [0.25, 0.3) is 0 Å². The van der Waals surface area contributed by atoms with Gasteiger partial charge in [0.05, 0.1) is 17.3 Å². The number of hydrogen-bond donors (Lipinski definition) is 0. The summed E-state index contributed by atoms with van der Waals surface area (Å²) in [4.78, 5) is 26.4. The molecule has 0 unspecified atom stereocenters. The molecule has 130 valence electrons. The Bertz CT molecular complexity index is 900. The summed E-state index contributed by atoms with van der Waals surface area (Å²) in [5.41, 5.74) is 2.42. The molecule has 0 fully saturated rings. The van der Waals surface area contributed by atoms with Crippen molar-refractivity contribution >= 4 is 23.2 Å². The fourth-order valence-corrected chi connectivity index (χ4v) is 2.78. The van der Waals surface area contributed by atoms with Gasteiger partial charge in [0.1, 0.15) is 5.71 Å². The Morgan fingerprint density at radius 1 is 1.19 bits per heavy atom. The summed E-state index contributed by atoms with van der Waals surface area (Å²) in [6, 6.07) is 18.3. The summed E-state index contributed by atoms with van der Waals surface area (Å²) in [5, 5.41) is 14.6. The summed E-state index contributed by atoms with van der Waals surface area (Å²) < 4.78 is 0. The Balaban J connectivity index is 1.77. The third-order valence-corrected chi connectivity index (χ3v) is 4.10. The molecule has 6 heteroatoms. The predicted molar refractivity (Wildman–Crippen MR) is 98.2 cm³/mol. The zero-order chi connectivity index (χ0) is 18.5. The van der Waals surface area contributed by atoms with Crippen LogP contribution < -0.4 is 5.01 Å². The minimum atomic E-state index is -0.221. The van der Waals surface area contributed by atoms with Crippen LogP contribution in [0.2, 0.25) is 0 Å². The Hall–Kier alpha value is -3.46. The van der Waals surface area contributed by atoms with Gasteiger partial charge < -0.3 is 4.90 Å². The van der Waals surface area contributed by atoms with Gasteiger partial charge in [-0.1, -0.05) is 30.3 Å². The first-order chi connectivity index (χ1) is 12.6. The van der Waals surface area contributed by atoms with E-state index in [9.17, 15) is 9.59 Å². The number of hydrazone groups is 1. The molecule has 0 saturated carbocycles. The lowest BCUT2D eigenvalue weighted by atomic mass is 10.1. The molecular weight excluding hydrogens is 328 g/mol. The number of para-hydroxylation sites is 1. The van der Waals surface area contributed by atoms with Crippen LogP contribution in [-0.2, 0) is 16.1 Å². The summed E-state index contributed by atoms with van der Waals surface area (Å²) >= 11 is 0. The van der Waals surface area contributed by atoms with E-state index in [1.54, 1.807) is 42.3 Å². The van der Waals surface area contributed by atoms with Crippen molar-refractivity contribution in [3.05, 3.63) is 65.7 Å². The van der Waals surface area contributed by atoms with Gasteiger partial charge in [0, 0.05) is 26.4 Å². The van der Waals surface area contributed by atoms with Crippen molar-refractivity contribution in [3.8, 4) is 6.07 Å². The third-order valence-electron chi connectivity index (χ3n) is 4.10. The lowest BCUT2D eigenvalue weighted by Crippen LogP contribution is -2.39. The summed E-state index contributed by atoms with van der Waals surface area (Å²) in [5.74, 6) is -0.349. The van der Waals surface area contributed by atoms with Gasteiger partial charge in [0.25, 0.3) is 5.91 Å². The molecule has 1 heterocycles. The van der Waals surface area contributed by atoms with Crippen LogP contribution in [0.15, 0.2) is 59.7 Å². The van der Waals surface area contributed by atoms with Crippen molar-refractivity contribution in [1.82, 2.24) is 4.90 Å². The topological polar surface area (TPSA) is 76.8 Å². The van der Waals surface area contributed by atoms with E-state index in [1.807, 2.05) is 24.3 Å². The van der Waals surface area contributed by atoms with E-state index in [0.717, 1.165) is 5.56 Å². The third kappa shape index (κ3) is 3.78. The minimum absolute atomic E-state index is 0.128. The minimum Gasteiger partial charge on any atom is -0.336 e. The molecule has 2 aromatic rings. The number of nitrogens with zero attached hydrogens (tertiary/aromatic N) is 4. The van der Waals surface area contributed by atoms with Crippen LogP contribution in [0.4, 0.5) is 5.69 Å². The first-order valence-corrected chi connectivity index (χ1v) is 8.28. The Morgan fingerprint density at radius 3 is 2.69 bits per heavy atom. The lowest BCUT2D eigenvalue weighted by Gasteiger charge is -2.25. The molecule has 0 saturated heterocycles. The second-order valence-corrected chi connectivity index (χ2v) is 6.06. The van der Waals surface area contributed by atoms with Crippen LogP contribution in [0.3, 0.4) is 0 Å². The number of hydrogen-bond acceptors (Lipinski definition) is 4. The SMILES string of the molecule is CN(Cc1cccc(C#N)c1)C(=O)C1=NN(c2ccccc2)C(=O)CC1. The van der Waals surface area contributed by atoms with E-state index < -0.39 is 0 Å². The standard InChI is InChI=1S/C20H18N4O2/c1-23(14-16-7-5-6-15(12-16)13-21)20(26)18-10-11-19(25)24(22-18)17-8-3-2-4-9-17/h2-9,12H,10-11,14H2,1H3. The molecule has 1 aliphatic rings. The molecule has 26 heavy (non-hydrogen) atoms. The van der Waals surface area contributed by atoms with Gasteiger partial charge in [-0.25, -0.2) is 5.01 Å². The fourth-order valence-electron chi connectivity index (χ4n) is 2.78. The molecule has 0 atom stereocenters. The van der Waals surface area contributed by atoms with Crippen LogP contribution in [0, 0.1) is 11.3 Å². The summed E-state index contributed by atoms with van der Waals surface area (Å²) in [7, 11) is 1.69. The van der Waals surface area contributed by atoms with E-state index in [-0.39, 0.29) is 18.2 Å². The number of nitriles is 1. The molecule has 0 aliphatic carbocycles. The van der Waals surface area contributed by atoms with E-state index in [1.165, 1.54) is 5.01 Å². The average molecular weight is 346 g/mol. The smallest absolute Gasteiger partial charge is 0.270 e. The van der Waals surface area contributed by atoms with Crippen molar-refractivity contribution in [2.75, 3.05) is 12.1 Å². The number of anilines is 1. The number of rotatable bonds is 4. The maximum atomic E-state index is 12.7. The molecule has 6 nitrogen and oxygen atoms in total. The molecule has 0 bridgehead atoms. The van der Waals surface area contributed by atoms with Crippen LogP contribution in [0.1, 0.15) is 24.0 Å². The number of carbonyl (C=O) groups is 2. The first kappa shape index (κ1) is 17.4. The van der Waals surface area contributed by atoms with Gasteiger partial charge in [-0.05, 0) is 29.8 Å². The maximum absolute atomic E-state index is 12.7. The normalized spacial score (nSPS) is 13.8. The molecule has 2 amide bonds. The van der Waals surface area contributed by atoms with Crippen LogP contribution >= 0.6 is 0 Å². The number of carbonyl (C=O) groups excluding carboxylic acids is 2. The molecular formula is C20H18N4O2. The predicted octanol–water partition coefficient (Wildman–Crippen LogP) is 2.70. The van der Waals surface area contributed by atoms with Gasteiger partial charge >= 0.3 is 0 Å². The molecule has 0 N–H and O–H groups in total. The average Bonchev–Trinajstić information content (AvgIpc) is 2.68. The Kier molecular flexibility index (Phi) is 5.09. The van der Waals surface area contributed by atoms with Crippen molar-refractivity contribution < 1.29 is 9.59 Å². The van der Waals surface area contributed by atoms with Crippen LogP contribution in [-0.4, -0.2) is 29.5 Å². The van der Waals surface area contributed by atoms with Crippen molar-refractivity contribution in [3.63, 3.8) is 0 Å². The van der Waals surface area contributed by atoms with Crippen LogP contribution in [0.5, 0.6) is 0 Å². The molecule has 2 aromatic carbocycles. The molecule has 0 spiro atoms. The van der Waals surface area contributed by atoms with Gasteiger partial charge in [0.2, 0.25) is 5.91 Å². The highest BCUT2D eigenvalue weighted by Gasteiger charge is 2.27. The fraction of sp³-hybridized carbons (Fsp3) is 0.200. The number of benzene rings is 2. The quantitative estimate of drug-likeness (QED) is 0.854. The van der Waals surface area contributed by atoms with Gasteiger partial charge in [0.15, 0.2) is 0 Å². The largest absolute Gasteiger partial charge is 0.336 e. The molecule has 1 aliphatic heterocycles. The Labute approximate surface area is 152 Å². The van der Waals surface area contributed by atoms with E-state index >= 15 is 0 Å². The van der Waals surface area contributed by atoms with Crippen molar-refractivity contribution in [2.45, 2.75) is 19.4 Å². The summed E-state index contributed by atoms with van der Waals surface area (Å²) in [6.07, 6.45) is 0.570. The first-order valence-electron chi connectivity index (χ1n) is 8.28. The lowest BCUT2D eigenvalue weighted by molar-refractivity contribution is -0.123. The van der Waals surface area contributed by atoms with Gasteiger partial charge in [-0.3, -0.25) is 9.59 Å². The number of amides is 2. The Morgan fingerprint density at radius 2 is 1.96 bits per heavy atom. The van der Waals surface area contributed by atoms with Gasteiger partial charge in [-0.15, -0.1) is 0 Å².